The van der Waals surface area contributed by atoms with Gasteiger partial charge in [-0.05, 0) is 74.5 Å². The summed E-state index contributed by atoms with van der Waals surface area (Å²) in [7, 11) is 0. The van der Waals surface area contributed by atoms with Crippen LogP contribution in [0, 0.1) is 35.0 Å². The Morgan fingerprint density at radius 1 is 0.846 bits per heavy atom. The van der Waals surface area contributed by atoms with Crippen molar-refractivity contribution >= 4 is 115 Å². The van der Waals surface area contributed by atoms with Crippen molar-refractivity contribution in [1.82, 2.24) is 0 Å². The maximum absolute atomic E-state index is 11.2. The van der Waals surface area contributed by atoms with E-state index in [-0.39, 0.29) is 119 Å². The SMILES string of the molecule is O=C(O)c1cc(C#CC23CC4CC(CC(C4)C2)C3)cc(C(=O)O)c1.[KH].[KH]. The number of carbonyl (C=O) groups is 2. The molecular weight excluding hydrogens is 382 g/mol. The van der Waals surface area contributed by atoms with E-state index in [4.69, 9.17) is 0 Å². The molecule has 6 heteroatoms. The fourth-order valence-corrected chi connectivity index (χ4v) is 5.42. The second-order valence-electron chi connectivity index (χ2n) is 7.86. The molecule has 4 aliphatic rings. The van der Waals surface area contributed by atoms with E-state index in [1.165, 1.54) is 37.5 Å². The minimum absolute atomic E-state index is 0. The number of benzene rings is 1. The van der Waals surface area contributed by atoms with Gasteiger partial charge in [0.15, 0.2) is 0 Å². The van der Waals surface area contributed by atoms with Crippen molar-refractivity contribution in [1.29, 1.82) is 0 Å². The zero-order valence-corrected chi connectivity index (χ0v) is 13.4. The van der Waals surface area contributed by atoms with Gasteiger partial charge in [0.25, 0.3) is 0 Å². The van der Waals surface area contributed by atoms with Crippen LogP contribution in [0.1, 0.15) is 64.8 Å². The summed E-state index contributed by atoms with van der Waals surface area (Å²) in [6.45, 7) is 0. The van der Waals surface area contributed by atoms with Gasteiger partial charge < -0.3 is 10.2 Å². The summed E-state index contributed by atoms with van der Waals surface area (Å²) in [6.07, 6.45) is 7.49. The summed E-state index contributed by atoms with van der Waals surface area (Å²) in [4.78, 5) is 22.4. The first kappa shape index (κ1) is 23.3. The normalized spacial score (nSPS) is 30.4. The standard InChI is InChI=1S/C20H20O4.2K.2H/c21-18(22)16-6-12(7-17(8-16)19(23)24)1-2-20-9-13-3-14(10-20)5-15(4-13)11-20;;;;/h6-8,13-15H,3-5,9-11H2,(H,21,22)(H,23,24);;;;. The Morgan fingerprint density at radius 2 is 1.27 bits per heavy atom. The van der Waals surface area contributed by atoms with Crippen LogP contribution in [0.4, 0.5) is 0 Å². The Bertz CT molecular complexity index is 723. The van der Waals surface area contributed by atoms with E-state index in [1.54, 1.807) is 0 Å². The maximum atomic E-state index is 11.2. The third-order valence-electron chi connectivity index (χ3n) is 5.94. The molecule has 0 unspecified atom stereocenters. The first-order valence-electron chi connectivity index (χ1n) is 8.57. The van der Waals surface area contributed by atoms with Gasteiger partial charge in [-0.1, -0.05) is 11.8 Å². The van der Waals surface area contributed by atoms with Crippen molar-refractivity contribution in [2.45, 2.75) is 38.5 Å². The second-order valence-corrected chi connectivity index (χ2v) is 7.86. The Hall–Kier alpha value is 0.993. The fourth-order valence-electron chi connectivity index (χ4n) is 5.42. The third-order valence-corrected chi connectivity index (χ3v) is 5.94. The first-order chi connectivity index (χ1) is 11.4. The quantitative estimate of drug-likeness (QED) is 0.586. The molecule has 0 saturated heterocycles. The molecule has 1 aromatic rings. The Morgan fingerprint density at radius 3 is 1.65 bits per heavy atom. The summed E-state index contributed by atoms with van der Waals surface area (Å²) < 4.78 is 0. The molecule has 1 aromatic carbocycles. The van der Waals surface area contributed by atoms with E-state index < -0.39 is 11.9 Å². The summed E-state index contributed by atoms with van der Waals surface area (Å²) >= 11 is 0. The van der Waals surface area contributed by atoms with Crippen LogP contribution >= 0.6 is 0 Å². The van der Waals surface area contributed by atoms with E-state index in [0.29, 0.717) is 5.56 Å². The molecule has 5 rings (SSSR count). The average Bonchev–Trinajstić information content (AvgIpc) is 2.51. The fraction of sp³-hybridized carbons (Fsp3) is 0.500. The van der Waals surface area contributed by atoms with Crippen molar-refractivity contribution in [3.63, 3.8) is 0 Å². The predicted octanol–water partition coefficient (Wildman–Crippen LogP) is 2.35. The summed E-state index contributed by atoms with van der Waals surface area (Å²) in [5.74, 6) is 6.69. The van der Waals surface area contributed by atoms with Gasteiger partial charge in [0, 0.05) is 11.0 Å². The van der Waals surface area contributed by atoms with Gasteiger partial charge in [-0.3, -0.25) is 0 Å². The summed E-state index contributed by atoms with van der Waals surface area (Å²) in [5, 5.41) is 18.3. The monoisotopic (exact) mass is 404 g/mol. The molecule has 0 amide bonds. The van der Waals surface area contributed by atoms with E-state index >= 15 is 0 Å². The van der Waals surface area contributed by atoms with E-state index in [2.05, 4.69) is 11.8 Å². The zero-order valence-electron chi connectivity index (χ0n) is 13.4. The molecule has 4 bridgehead atoms. The van der Waals surface area contributed by atoms with Crippen LogP contribution in [0.3, 0.4) is 0 Å². The summed E-state index contributed by atoms with van der Waals surface area (Å²) in [6, 6.07) is 4.13. The van der Waals surface area contributed by atoms with Gasteiger partial charge in [0.05, 0.1) is 11.1 Å². The number of carboxylic acid groups (broad SMARTS) is 2. The number of rotatable bonds is 2. The minimum atomic E-state index is -1.13. The van der Waals surface area contributed by atoms with Crippen LogP contribution in [0.5, 0.6) is 0 Å². The van der Waals surface area contributed by atoms with Gasteiger partial charge in [-0.2, -0.15) is 0 Å². The zero-order chi connectivity index (χ0) is 16.9. The van der Waals surface area contributed by atoms with Gasteiger partial charge in [0.1, 0.15) is 0 Å². The van der Waals surface area contributed by atoms with Crippen LogP contribution in [0.15, 0.2) is 18.2 Å². The van der Waals surface area contributed by atoms with Crippen molar-refractivity contribution in [3.8, 4) is 11.8 Å². The molecule has 0 atom stereocenters. The van der Waals surface area contributed by atoms with Crippen LogP contribution in [0.25, 0.3) is 0 Å². The number of hydrogen-bond acceptors (Lipinski definition) is 2. The van der Waals surface area contributed by atoms with E-state index in [9.17, 15) is 19.8 Å². The van der Waals surface area contributed by atoms with E-state index in [0.717, 1.165) is 37.0 Å². The topological polar surface area (TPSA) is 74.6 Å². The number of hydrogen-bond donors (Lipinski definition) is 2. The molecule has 4 fully saturated rings. The molecular formula is C20H22K2O4. The van der Waals surface area contributed by atoms with Gasteiger partial charge in [-0.25, -0.2) is 9.59 Å². The van der Waals surface area contributed by atoms with Gasteiger partial charge >= 0.3 is 115 Å². The van der Waals surface area contributed by atoms with Crippen molar-refractivity contribution < 1.29 is 19.8 Å². The third kappa shape index (κ3) is 4.94. The first-order valence-corrected chi connectivity index (χ1v) is 8.57. The van der Waals surface area contributed by atoms with Gasteiger partial charge in [0.2, 0.25) is 0 Å². The van der Waals surface area contributed by atoms with Crippen molar-refractivity contribution in [2.75, 3.05) is 0 Å². The molecule has 4 aliphatic carbocycles. The molecule has 2 N–H and O–H groups in total. The Kier molecular flexibility index (Phi) is 8.24. The summed E-state index contributed by atoms with van der Waals surface area (Å²) in [5.41, 5.74) is 0.509. The van der Waals surface area contributed by atoms with E-state index in [1.807, 2.05) is 0 Å². The molecule has 4 nitrogen and oxygen atoms in total. The number of aromatic carboxylic acids is 2. The van der Waals surface area contributed by atoms with Crippen LogP contribution in [-0.4, -0.2) is 125 Å². The Balaban J connectivity index is 0.00000121. The molecule has 4 saturated carbocycles. The molecule has 0 aliphatic heterocycles. The number of carboxylic acids is 2. The van der Waals surface area contributed by atoms with Crippen LogP contribution < -0.4 is 0 Å². The van der Waals surface area contributed by atoms with Crippen molar-refractivity contribution in [2.24, 2.45) is 23.2 Å². The molecule has 0 aromatic heterocycles. The van der Waals surface area contributed by atoms with Crippen molar-refractivity contribution in [3.05, 3.63) is 34.9 Å². The molecule has 128 valence electrons. The molecule has 0 radical (unpaired) electrons. The second kappa shape index (κ2) is 9.21. The predicted molar refractivity (Wildman–Crippen MR) is 102 cm³/mol. The molecule has 0 spiro atoms. The molecule has 0 heterocycles. The van der Waals surface area contributed by atoms with Gasteiger partial charge in [-0.15, -0.1) is 0 Å². The average molecular weight is 405 g/mol. The molecule has 26 heavy (non-hydrogen) atoms. The Labute approximate surface area is 238 Å². The van der Waals surface area contributed by atoms with Crippen LogP contribution in [-0.2, 0) is 0 Å². The van der Waals surface area contributed by atoms with Crippen LogP contribution in [0.2, 0.25) is 0 Å².